The summed E-state index contributed by atoms with van der Waals surface area (Å²) in [6, 6.07) is 4.99. The average molecular weight is 1190 g/mol. The van der Waals surface area contributed by atoms with Crippen molar-refractivity contribution in [3.8, 4) is 11.1 Å². The Labute approximate surface area is 455 Å². The Kier molecular flexibility index (Phi) is 23.1. The summed E-state index contributed by atoms with van der Waals surface area (Å²) in [7, 11) is -2.89. The SMILES string of the molecule is C/C=C/C(=O)N(c1nn(CC(F)(F)F)c2c(-c3ccc(CC)nc3C(Cc3cc(F)cc(F)c3)NC(=O)CN=C3/C(=C(\N)C(F)(F)F)C[C@@H](C)C3(F)F)ccc(Cl)c12)S(C)=O.CS(=O)C(C)(C)C.O=CNC(CC(=O)O)C(=O)O. The fourth-order valence-electron chi connectivity index (χ4n) is 7.30. The van der Waals surface area contributed by atoms with Crippen LogP contribution in [0.1, 0.15) is 77.4 Å². The highest BCUT2D eigenvalue weighted by Gasteiger charge is 2.53. The van der Waals surface area contributed by atoms with Crippen LogP contribution in [0.5, 0.6) is 0 Å². The molecular weight excluding hydrogens is 1130 g/mol. The highest BCUT2D eigenvalue weighted by atomic mass is 35.5. The molecule has 5 rings (SSSR count). The lowest BCUT2D eigenvalue weighted by Crippen LogP contribution is -2.37. The Morgan fingerprint density at radius 2 is 1.58 bits per heavy atom. The van der Waals surface area contributed by atoms with Crippen molar-refractivity contribution in [1.82, 2.24) is 25.4 Å². The topological polar surface area (TPSA) is 256 Å². The zero-order valence-corrected chi connectivity index (χ0v) is 45.7. The first-order valence-corrected chi connectivity index (χ1v) is 26.6. The molecular formula is C49H55ClF10N8O9S2. The maximum Gasteiger partial charge on any atom is 0.431 e. The second kappa shape index (κ2) is 27.4. The van der Waals surface area contributed by atoms with Crippen molar-refractivity contribution in [2.24, 2.45) is 16.6 Å². The predicted molar refractivity (Wildman–Crippen MR) is 276 cm³/mol. The quantitative estimate of drug-likeness (QED) is 0.0379. The number of allylic oxidation sites excluding steroid dienone is 3. The fourth-order valence-corrected chi connectivity index (χ4v) is 8.22. The number of carboxylic acids is 2. The molecule has 4 aromatic rings. The molecule has 1 saturated carbocycles. The lowest BCUT2D eigenvalue weighted by molar-refractivity contribution is -0.146. The van der Waals surface area contributed by atoms with Crippen LogP contribution in [0.4, 0.5) is 49.7 Å². The molecule has 2 heterocycles. The molecule has 3 amide bonds. The molecule has 4 unspecified atom stereocenters. The van der Waals surface area contributed by atoms with Gasteiger partial charge in [-0.15, -0.1) is 0 Å². The van der Waals surface area contributed by atoms with E-state index >= 15 is 8.78 Å². The fraction of sp³-hybridized carbons (Fsp3) is 0.429. The summed E-state index contributed by atoms with van der Waals surface area (Å²) in [5.41, 5.74) is 0.702. The highest BCUT2D eigenvalue weighted by molar-refractivity contribution is 7.86. The van der Waals surface area contributed by atoms with E-state index in [1.54, 1.807) is 13.2 Å². The second-order valence-electron chi connectivity index (χ2n) is 18.3. The zero-order valence-electron chi connectivity index (χ0n) is 43.3. The van der Waals surface area contributed by atoms with Gasteiger partial charge >= 0.3 is 24.3 Å². The number of aryl methyl sites for hydroxylation is 1. The van der Waals surface area contributed by atoms with Crippen LogP contribution < -0.4 is 20.7 Å². The number of nitrogens with one attached hydrogen (secondary N) is 2. The average Bonchev–Trinajstić information content (AvgIpc) is 3.78. The number of nitrogens with zero attached hydrogens (tertiary/aromatic N) is 5. The number of nitrogens with two attached hydrogens (primary N) is 1. The van der Waals surface area contributed by atoms with Gasteiger partial charge in [-0.05, 0) is 76.8 Å². The molecule has 5 atom stereocenters. The molecule has 2 aromatic heterocycles. The van der Waals surface area contributed by atoms with Crippen LogP contribution in [0.2, 0.25) is 5.02 Å². The highest BCUT2D eigenvalue weighted by Crippen LogP contribution is 2.45. The van der Waals surface area contributed by atoms with E-state index < -0.39 is 149 Å². The van der Waals surface area contributed by atoms with E-state index in [1.807, 2.05) is 26.1 Å². The van der Waals surface area contributed by atoms with E-state index in [1.165, 1.54) is 37.3 Å². The van der Waals surface area contributed by atoms with Crippen molar-refractivity contribution >= 4 is 86.0 Å². The number of carboxylic acid groups (broad SMARTS) is 2. The molecule has 6 N–H and O–H groups in total. The number of benzene rings is 2. The number of carbonyl (C=O) groups is 5. The van der Waals surface area contributed by atoms with Gasteiger partial charge in [0.2, 0.25) is 12.3 Å². The van der Waals surface area contributed by atoms with E-state index in [4.69, 9.17) is 27.5 Å². The number of amides is 3. The van der Waals surface area contributed by atoms with Crippen LogP contribution in [0.3, 0.4) is 0 Å². The summed E-state index contributed by atoms with van der Waals surface area (Å²) in [4.78, 5) is 64.9. The summed E-state index contributed by atoms with van der Waals surface area (Å²) in [6.07, 6.45) is -6.55. The molecule has 79 heavy (non-hydrogen) atoms. The minimum atomic E-state index is -5.20. The van der Waals surface area contributed by atoms with Gasteiger partial charge in [0, 0.05) is 68.5 Å². The first-order chi connectivity index (χ1) is 36.4. The van der Waals surface area contributed by atoms with Crippen LogP contribution in [0, 0.1) is 17.6 Å². The van der Waals surface area contributed by atoms with Gasteiger partial charge in [0.1, 0.15) is 53.2 Å². The van der Waals surface area contributed by atoms with Crippen molar-refractivity contribution in [3.63, 3.8) is 0 Å². The smallest absolute Gasteiger partial charge is 0.431 e. The van der Waals surface area contributed by atoms with Crippen LogP contribution in [-0.4, -0.2) is 117 Å². The number of aliphatic carboxylic acids is 2. The van der Waals surface area contributed by atoms with Crippen molar-refractivity contribution in [3.05, 3.63) is 99.5 Å². The largest absolute Gasteiger partial charge is 0.481 e. The number of rotatable bonds is 17. The number of alkyl halides is 8. The van der Waals surface area contributed by atoms with E-state index in [9.17, 15) is 67.5 Å². The Bertz CT molecular complexity index is 3050. The summed E-state index contributed by atoms with van der Waals surface area (Å²) in [6.45, 7) is 7.07. The zero-order chi connectivity index (χ0) is 60.3. The Balaban J connectivity index is 0.000000778. The summed E-state index contributed by atoms with van der Waals surface area (Å²) >= 11 is 6.59. The number of hydrogen-bond donors (Lipinski definition) is 5. The Morgan fingerprint density at radius 3 is 2.06 bits per heavy atom. The van der Waals surface area contributed by atoms with Gasteiger partial charge in [-0.1, -0.05) is 43.7 Å². The third kappa shape index (κ3) is 18.1. The van der Waals surface area contributed by atoms with Gasteiger partial charge in [-0.3, -0.25) is 38.0 Å². The third-order valence-corrected chi connectivity index (χ3v) is 14.2. The van der Waals surface area contributed by atoms with Crippen molar-refractivity contribution in [1.29, 1.82) is 0 Å². The monoisotopic (exact) mass is 1190 g/mol. The lowest BCUT2D eigenvalue weighted by Gasteiger charge is -2.23. The molecule has 0 saturated heterocycles. The van der Waals surface area contributed by atoms with Gasteiger partial charge in [-0.25, -0.2) is 22.1 Å². The van der Waals surface area contributed by atoms with E-state index in [0.717, 1.165) is 31.4 Å². The molecule has 0 aliphatic heterocycles. The standard InChI is InChI=1S/C39H36ClF10N7O3S.C5H7NO5.C5H12OS/c1-5-7-30(59)57(61(4)60)36-31-27(40)11-10-25(33(31)56(55-36)18-37(43,44)45)24-9-8-23(6-2)53-32(24)28(15-20-13-21(41)16-22(42)14-20)54-29(58)17-52-35-26(34(51)39(48,49)50)12-19(3)38(35,46)47;7-2-6-3(5(10)11)1-4(8)9;1-5(2,3)7(4)6/h5,7-11,13-14,16,19,28H,6,12,15,17-18,51H2,1-4H3,(H,54,58);2-3H,1H2,(H,6,7)(H,8,9)(H,10,11);1-4H3/b7-5+,34-26-,52-35?;;/t19-,28?,61?;;/m1../s1. The number of hydrogen-bond acceptors (Lipinski definition) is 11. The van der Waals surface area contributed by atoms with Crippen LogP contribution in [-0.2, 0) is 65.1 Å². The third-order valence-electron chi connectivity index (χ3n) is 11.3. The number of fused-ring (bicyclic) bond motifs is 1. The number of aliphatic imine (C=N–C) groups is 1. The van der Waals surface area contributed by atoms with Gasteiger partial charge in [0.25, 0.3) is 11.8 Å². The van der Waals surface area contributed by atoms with Crippen LogP contribution in [0.25, 0.3) is 22.0 Å². The Hall–Kier alpha value is -6.75. The summed E-state index contributed by atoms with van der Waals surface area (Å²) in [5.74, 6) is -12.9. The molecule has 17 nitrogen and oxygen atoms in total. The molecule has 1 fully saturated rings. The first kappa shape index (κ1) is 66.5. The van der Waals surface area contributed by atoms with Gasteiger partial charge in [-0.2, -0.15) is 40.2 Å². The molecule has 434 valence electrons. The van der Waals surface area contributed by atoms with Crippen molar-refractivity contribution in [2.45, 2.75) is 109 Å². The van der Waals surface area contributed by atoms with Gasteiger partial charge in [0.15, 0.2) is 5.82 Å². The molecule has 1 aliphatic rings. The number of aromatic nitrogens is 3. The van der Waals surface area contributed by atoms with Gasteiger partial charge in [0.05, 0.1) is 34.1 Å². The molecule has 30 heteroatoms. The molecule has 0 bridgehead atoms. The Morgan fingerprint density at radius 1 is 1.00 bits per heavy atom. The van der Waals surface area contributed by atoms with E-state index in [-0.39, 0.29) is 55.9 Å². The minimum absolute atomic E-state index is 0.0227. The normalized spacial score (nSPS) is 17.2. The maximum absolute atomic E-state index is 15.2. The number of anilines is 1. The summed E-state index contributed by atoms with van der Waals surface area (Å²) in [5, 5.41) is 24.4. The lowest BCUT2D eigenvalue weighted by atomic mass is 9.93. The first-order valence-electron chi connectivity index (χ1n) is 23.2. The molecule has 2 aromatic carbocycles. The van der Waals surface area contributed by atoms with Crippen molar-refractivity contribution in [2.75, 3.05) is 23.4 Å². The predicted octanol–water partition coefficient (Wildman–Crippen LogP) is 8.47. The number of halogens is 11. The molecule has 1 aliphatic carbocycles. The minimum Gasteiger partial charge on any atom is -0.481 e. The maximum atomic E-state index is 15.2. The van der Waals surface area contributed by atoms with Gasteiger partial charge < -0.3 is 26.6 Å². The second-order valence-corrected chi connectivity index (χ2v) is 22.0. The van der Waals surface area contributed by atoms with Crippen molar-refractivity contribution < 1.29 is 86.5 Å². The van der Waals surface area contributed by atoms with Crippen LogP contribution >= 0.6 is 11.6 Å². The van der Waals surface area contributed by atoms with E-state index in [2.05, 4.69) is 20.4 Å². The molecule has 0 spiro atoms. The van der Waals surface area contributed by atoms with E-state index in [0.29, 0.717) is 20.7 Å². The number of carbonyl (C=O) groups excluding carboxylic acids is 3. The molecule has 0 radical (unpaired) electrons. The summed E-state index contributed by atoms with van der Waals surface area (Å²) < 4.78 is 167. The van der Waals surface area contributed by atoms with Crippen LogP contribution in [0.15, 0.2) is 70.9 Å². The number of pyridine rings is 1.